The van der Waals surface area contributed by atoms with E-state index in [9.17, 15) is 8.42 Å². The van der Waals surface area contributed by atoms with Crippen molar-refractivity contribution < 1.29 is 8.42 Å². The summed E-state index contributed by atoms with van der Waals surface area (Å²) in [5, 5.41) is 0. The average molecular weight is 234 g/mol. The molecule has 90 valence electrons. The van der Waals surface area contributed by atoms with Crippen molar-refractivity contribution in [2.45, 2.75) is 45.1 Å². The van der Waals surface area contributed by atoms with Crippen LogP contribution in [0.1, 0.15) is 39.0 Å². The molecule has 1 fully saturated rings. The van der Waals surface area contributed by atoms with Crippen molar-refractivity contribution in [1.29, 1.82) is 0 Å². The zero-order valence-electron chi connectivity index (χ0n) is 9.48. The molecule has 0 bridgehead atoms. The van der Waals surface area contributed by atoms with Crippen LogP contribution in [0.25, 0.3) is 0 Å². The molecule has 0 saturated heterocycles. The molecule has 0 radical (unpaired) electrons. The summed E-state index contributed by atoms with van der Waals surface area (Å²) in [6.45, 7) is 3.06. The summed E-state index contributed by atoms with van der Waals surface area (Å²) in [5.41, 5.74) is 5.43. The van der Waals surface area contributed by atoms with Crippen LogP contribution >= 0.6 is 0 Å². The Labute approximate surface area is 92.9 Å². The number of hydrogen-bond donors (Lipinski definition) is 1. The molecule has 4 nitrogen and oxygen atoms in total. The van der Waals surface area contributed by atoms with E-state index in [1.807, 2.05) is 6.92 Å². The van der Waals surface area contributed by atoms with Gasteiger partial charge in [-0.05, 0) is 32.2 Å². The molecule has 1 rings (SSSR count). The molecule has 1 aliphatic carbocycles. The van der Waals surface area contributed by atoms with Gasteiger partial charge in [0.2, 0.25) is 10.0 Å². The molecule has 0 aromatic carbocycles. The second kappa shape index (κ2) is 5.82. The van der Waals surface area contributed by atoms with Gasteiger partial charge >= 0.3 is 0 Å². The maximum absolute atomic E-state index is 12.0. The van der Waals surface area contributed by atoms with Crippen molar-refractivity contribution in [1.82, 2.24) is 4.31 Å². The molecule has 1 aliphatic rings. The van der Waals surface area contributed by atoms with E-state index in [1.165, 1.54) is 0 Å². The van der Waals surface area contributed by atoms with Gasteiger partial charge in [0, 0.05) is 12.6 Å². The van der Waals surface area contributed by atoms with Crippen LogP contribution in [0.2, 0.25) is 0 Å². The average Bonchev–Trinajstić information content (AvgIpc) is 2.08. The van der Waals surface area contributed by atoms with E-state index >= 15 is 0 Å². The standard InChI is InChI=1S/C10H22N2O2S/c1-2-9-15(13,14)12(8-4-7-11)10-5-3-6-10/h10H,2-9,11H2,1H3. The van der Waals surface area contributed by atoms with E-state index in [4.69, 9.17) is 5.73 Å². The topological polar surface area (TPSA) is 63.4 Å². The van der Waals surface area contributed by atoms with Crippen molar-refractivity contribution >= 4 is 10.0 Å². The first-order chi connectivity index (χ1) is 7.11. The largest absolute Gasteiger partial charge is 0.330 e. The Morgan fingerprint density at radius 2 is 2.07 bits per heavy atom. The summed E-state index contributed by atoms with van der Waals surface area (Å²) >= 11 is 0. The van der Waals surface area contributed by atoms with Crippen LogP contribution in [-0.4, -0.2) is 37.6 Å². The number of nitrogens with two attached hydrogens (primary N) is 1. The fourth-order valence-electron chi connectivity index (χ4n) is 1.85. The lowest BCUT2D eigenvalue weighted by atomic mass is 9.93. The fraction of sp³-hybridized carbons (Fsp3) is 1.00. The van der Waals surface area contributed by atoms with Crippen molar-refractivity contribution in [2.24, 2.45) is 5.73 Å². The predicted octanol–water partition coefficient (Wildman–Crippen LogP) is 0.930. The molecule has 1 saturated carbocycles. The van der Waals surface area contributed by atoms with Gasteiger partial charge in [-0.2, -0.15) is 4.31 Å². The van der Waals surface area contributed by atoms with Crippen molar-refractivity contribution in [2.75, 3.05) is 18.8 Å². The summed E-state index contributed by atoms with van der Waals surface area (Å²) in [6, 6.07) is 0.257. The van der Waals surface area contributed by atoms with Crippen LogP contribution in [0.3, 0.4) is 0 Å². The van der Waals surface area contributed by atoms with Crippen molar-refractivity contribution in [3.63, 3.8) is 0 Å². The molecule has 5 heteroatoms. The van der Waals surface area contributed by atoms with Gasteiger partial charge in [0.05, 0.1) is 5.75 Å². The van der Waals surface area contributed by atoms with E-state index in [-0.39, 0.29) is 11.8 Å². The SMILES string of the molecule is CCCS(=O)(=O)N(CCCN)C1CCC1. The number of rotatable bonds is 7. The molecule has 0 aliphatic heterocycles. The zero-order chi connectivity index (χ0) is 11.3. The zero-order valence-corrected chi connectivity index (χ0v) is 10.3. The molecule has 0 heterocycles. The van der Waals surface area contributed by atoms with Crippen LogP contribution in [0, 0.1) is 0 Å². The van der Waals surface area contributed by atoms with Crippen LogP contribution in [0.4, 0.5) is 0 Å². The van der Waals surface area contributed by atoms with E-state index < -0.39 is 10.0 Å². The molecular formula is C10H22N2O2S. The van der Waals surface area contributed by atoms with Crippen LogP contribution in [0.5, 0.6) is 0 Å². The quantitative estimate of drug-likeness (QED) is 0.712. The molecule has 0 atom stereocenters. The molecule has 0 amide bonds. The van der Waals surface area contributed by atoms with Gasteiger partial charge in [-0.3, -0.25) is 0 Å². The molecule has 0 aromatic rings. The Morgan fingerprint density at radius 1 is 1.40 bits per heavy atom. The Balaban J connectivity index is 2.61. The molecule has 0 spiro atoms. The van der Waals surface area contributed by atoms with Gasteiger partial charge in [0.1, 0.15) is 0 Å². The molecule has 0 unspecified atom stereocenters. The third-order valence-electron chi connectivity index (χ3n) is 2.88. The minimum atomic E-state index is -3.03. The van der Waals surface area contributed by atoms with Gasteiger partial charge in [-0.1, -0.05) is 13.3 Å². The lowest BCUT2D eigenvalue weighted by Crippen LogP contribution is -2.45. The minimum absolute atomic E-state index is 0.257. The predicted molar refractivity (Wildman–Crippen MR) is 62.1 cm³/mol. The summed E-state index contributed by atoms with van der Waals surface area (Å²) in [5.74, 6) is 0.272. The Hall–Kier alpha value is -0.130. The highest BCUT2D eigenvalue weighted by atomic mass is 32.2. The van der Waals surface area contributed by atoms with Gasteiger partial charge in [-0.25, -0.2) is 8.42 Å². The third-order valence-corrected chi connectivity index (χ3v) is 5.00. The monoisotopic (exact) mass is 234 g/mol. The Kier molecular flexibility index (Phi) is 5.02. The first kappa shape index (κ1) is 12.9. The van der Waals surface area contributed by atoms with Gasteiger partial charge in [-0.15, -0.1) is 0 Å². The highest BCUT2D eigenvalue weighted by Gasteiger charge is 2.32. The molecular weight excluding hydrogens is 212 g/mol. The first-order valence-corrected chi connectivity index (χ1v) is 7.42. The first-order valence-electron chi connectivity index (χ1n) is 5.81. The van der Waals surface area contributed by atoms with Gasteiger partial charge in [0.15, 0.2) is 0 Å². The van der Waals surface area contributed by atoms with E-state index in [0.29, 0.717) is 19.5 Å². The highest BCUT2D eigenvalue weighted by Crippen LogP contribution is 2.27. The van der Waals surface area contributed by atoms with Crippen molar-refractivity contribution in [3.8, 4) is 0 Å². The van der Waals surface area contributed by atoms with Crippen LogP contribution in [-0.2, 0) is 10.0 Å². The Morgan fingerprint density at radius 3 is 2.47 bits per heavy atom. The normalized spacial score (nSPS) is 18.1. The van der Waals surface area contributed by atoms with E-state index in [2.05, 4.69) is 0 Å². The van der Waals surface area contributed by atoms with Gasteiger partial charge in [0.25, 0.3) is 0 Å². The smallest absolute Gasteiger partial charge is 0.214 e. The molecule has 0 aromatic heterocycles. The molecule has 2 N–H and O–H groups in total. The van der Waals surface area contributed by atoms with Crippen molar-refractivity contribution in [3.05, 3.63) is 0 Å². The number of nitrogens with zero attached hydrogens (tertiary/aromatic N) is 1. The second-order valence-corrected chi connectivity index (χ2v) is 6.19. The lowest BCUT2D eigenvalue weighted by Gasteiger charge is -2.36. The minimum Gasteiger partial charge on any atom is -0.330 e. The van der Waals surface area contributed by atoms with Crippen LogP contribution in [0.15, 0.2) is 0 Å². The fourth-order valence-corrected chi connectivity index (χ4v) is 3.67. The third kappa shape index (κ3) is 3.43. The Bertz CT molecular complexity index is 273. The van der Waals surface area contributed by atoms with Gasteiger partial charge < -0.3 is 5.73 Å². The summed E-state index contributed by atoms with van der Waals surface area (Å²) < 4.78 is 25.6. The van der Waals surface area contributed by atoms with E-state index in [0.717, 1.165) is 25.7 Å². The lowest BCUT2D eigenvalue weighted by molar-refractivity contribution is 0.218. The summed E-state index contributed by atoms with van der Waals surface area (Å²) in [4.78, 5) is 0. The second-order valence-electron chi connectivity index (χ2n) is 4.15. The maximum atomic E-state index is 12.0. The van der Waals surface area contributed by atoms with E-state index in [1.54, 1.807) is 4.31 Å². The molecule has 15 heavy (non-hydrogen) atoms. The maximum Gasteiger partial charge on any atom is 0.214 e. The summed E-state index contributed by atoms with van der Waals surface area (Å²) in [6.07, 6.45) is 4.65. The summed E-state index contributed by atoms with van der Waals surface area (Å²) in [7, 11) is -3.03. The number of hydrogen-bond acceptors (Lipinski definition) is 3. The highest BCUT2D eigenvalue weighted by molar-refractivity contribution is 7.89. The number of sulfonamides is 1. The van der Waals surface area contributed by atoms with Crippen LogP contribution < -0.4 is 5.73 Å².